The maximum absolute atomic E-state index is 12.5. The van der Waals surface area contributed by atoms with Crippen LogP contribution in [0.1, 0.15) is 64.5 Å². The Morgan fingerprint density at radius 3 is 2.81 bits per heavy atom. The molecule has 1 saturated heterocycles. The first kappa shape index (κ1) is 19.8. The van der Waals surface area contributed by atoms with E-state index >= 15 is 0 Å². The highest BCUT2D eigenvalue weighted by Crippen LogP contribution is 2.19. The highest BCUT2D eigenvalue weighted by Gasteiger charge is 2.31. The van der Waals surface area contributed by atoms with Crippen LogP contribution in [-0.4, -0.2) is 45.2 Å². The molecule has 0 bridgehead atoms. The van der Waals surface area contributed by atoms with Gasteiger partial charge in [0, 0.05) is 32.0 Å². The van der Waals surface area contributed by atoms with Crippen molar-refractivity contribution in [3.8, 4) is 0 Å². The van der Waals surface area contributed by atoms with Gasteiger partial charge in [-0.1, -0.05) is 27.2 Å². The van der Waals surface area contributed by atoms with Crippen LogP contribution >= 0.6 is 0 Å². The van der Waals surface area contributed by atoms with Gasteiger partial charge in [0.05, 0.1) is 12.6 Å². The van der Waals surface area contributed by atoms with E-state index in [2.05, 4.69) is 30.7 Å². The zero-order valence-electron chi connectivity index (χ0n) is 16.7. The number of hydrogen-bond donors (Lipinski definition) is 3. The molecule has 3 heterocycles. The number of carbonyl (C=O) groups excluding carboxylic acids is 2. The average Bonchev–Trinajstić information content (AvgIpc) is 3.11. The summed E-state index contributed by atoms with van der Waals surface area (Å²) < 4.78 is 2.14. The smallest absolute Gasteiger partial charge is 0.237 e. The number of rotatable bonds is 5. The Morgan fingerprint density at radius 2 is 2.04 bits per heavy atom. The zero-order chi connectivity index (χ0) is 19.4. The molecular formula is C19H32N6O2. The Balaban J connectivity index is 1.46. The second-order valence-electron chi connectivity index (χ2n) is 8.91. The van der Waals surface area contributed by atoms with Gasteiger partial charge in [0.2, 0.25) is 11.8 Å². The van der Waals surface area contributed by atoms with Crippen LogP contribution in [0.25, 0.3) is 0 Å². The molecule has 0 aliphatic carbocycles. The van der Waals surface area contributed by atoms with Crippen molar-refractivity contribution in [1.82, 2.24) is 30.7 Å². The predicted molar refractivity (Wildman–Crippen MR) is 102 cm³/mol. The molecule has 8 nitrogen and oxygen atoms in total. The maximum atomic E-state index is 12.5. The Labute approximate surface area is 160 Å². The first-order chi connectivity index (χ1) is 12.8. The lowest BCUT2D eigenvalue weighted by atomic mass is 9.92. The first-order valence-electron chi connectivity index (χ1n) is 10.0. The molecule has 3 N–H and O–H groups in total. The summed E-state index contributed by atoms with van der Waals surface area (Å²) in [7, 11) is 0. The highest BCUT2D eigenvalue weighted by molar-refractivity contribution is 5.82. The van der Waals surface area contributed by atoms with E-state index < -0.39 is 0 Å². The molecule has 8 heteroatoms. The van der Waals surface area contributed by atoms with E-state index in [0.717, 1.165) is 37.5 Å². The third-order valence-electron chi connectivity index (χ3n) is 5.11. The molecule has 0 aromatic carbocycles. The van der Waals surface area contributed by atoms with Crippen LogP contribution in [0.3, 0.4) is 0 Å². The van der Waals surface area contributed by atoms with E-state index in [1.54, 1.807) is 0 Å². The van der Waals surface area contributed by atoms with E-state index in [4.69, 9.17) is 0 Å². The summed E-state index contributed by atoms with van der Waals surface area (Å²) in [6, 6.07) is -0.281. The number of hydrogen-bond acceptors (Lipinski definition) is 5. The lowest BCUT2D eigenvalue weighted by Gasteiger charge is -2.19. The van der Waals surface area contributed by atoms with E-state index in [1.807, 2.05) is 20.8 Å². The largest absolute Gasteiger partial charge is 0.352 e. The van der Waals surface area contributed by atoms with Gasteiger partial charge < -0.3 is 20.5 Å². The van der Waals surface area contributed by atoms with Crippen LogP contribution in [0.4, 0.5) is 0 Å². The molecule has 1 aromatic rings. The first-order valence-corrected chi connectivity index (χ1v) is 10.0. The number of aromatic nitrogens is 3. The Bertz CT molecular complexity index is 678. The van der Waals surface area contributed by atoms with Gasteiger partial charge in [-0.05, 0) is 24.7 Å². The predicted octanol–water partition coefficient (Wildman–Crippen LogP) is 0.904. The molecule has 1 aromatic heterocycles. The third-order valence-corrected chi connectivity index (χ3v) is 5.11. The van der Waals surface area contributed by atoms with Crippen molar-refractivity contribution in [2.45, 2.75) is 84.5 Å². The minimum atomic E-state index is -0.281. The fourth-order valence-electron chi connectivity index (χ4n) is 3.77. The Morgan fingerprint density at radius 1 is 1.22 bits per heavy atom. The van der Waals surface area contributed by atoms with E-state index in [0.29, 0.717) is 25.9 Å². The molecule has 27 heavy (non-hydrogen) atoms. The molecule has 2 aliphatic heterocycles. The second-order valence-corrected chi connectivity index (χ2v) is 8.91. The van der Waals surface area contributed by atoms with Gasteiger partial charge in [-0.3, -0.25) is 9.59 Å². The van der Waals surface area contributed by atoms with Crippen molar-refractivity contribution in [3.05, 3.63) is 11.6 Å². The third kappa shape index (κ3) is 5.51. The van der Waals surface area contributed by atoms with Gasteiger partial charge >= 0.3 is 0 Å². The molecular weight excluding hydrogens is 344 g/mol. The van der Waals surface area contributed by atoms with Crippen LogP contribution in [0.15, 0.2) is 0 Å². The maximum Gasteiger partial charge on any atom is 0.237 e. The number of carbonyl (C=O) groups is 2. The van der Waals surface area contributed by atoms with Crippen molar-refractivity contribution in [2.24, 2.45) is 5.41 Å². The fourth-order valence-corrected chi connectivity index (χ4v) is 3.77. The molecule has 2 aliphatic rings. The van der Waals surface area contributed by atoms with Gasteiger partial charge in [-0.2, -0.15) is 0 Å². The summed E-state index contributed by atoms with van der Waals surface area (Å²) >= 11 is 0. The monoisotopic (exact) mass is 376 g/mol. The van der Waals surface area contributed by atoms with Crippen LogP contribution in [-0.2, 0) is 29.1 Å². The normalized spacial score (nSPS) is 22.8. The lowest BCUT2D eigenvalue weighted by Crippen LogP contribution is -2.40. The van der Waals surface area contributed by atoms with Crippen LogP contribution in [0.2, 0.25) is 0 Å². The summed E-state index contributed by atoms with van der Waals surface area (Å²) in [5.41, 5.74) is -0.0385. The quantitative estimate of drug-likeness (QED) is 0.709. The van der Waals surface area contributed by atoms with Crippen molar-refractivity contribution in [3.63, 3.8) is 0 Å². The number of nitrogens with zero attached hydrogens (tertiary/aromatic N) is 3. The van der Waals surface area contributed by atoms with E-state index in [-0.39, 0.29) is 29.3 Å². The summed E-state index contributed by atoms with van der Waals surface area (Å²) in [6.45, 7) is 8.07. The molecule has 0 spiro atoms. The lowest BCUT2D eigenvalue weighted by molar-refractivity contribution is -0.124. The Hall–Kier alpha value is -1.96. The van der Waals surface area contributed by atoms with Crippen molar-refractivity contribution in [2.75, 3.05) is 6.54 Å². The minimum absolute atomic E-state index is 0.0000334. The van der Waals surface area contributed by atoms with Crippen molar-refractivity contribution in [1.29, 1.82) is 0 Å². The van der Waals surface area contributed by atoms with E-state index in [1.165, 1.54) is 6.42 Å². The summed E-state index contributed by atoms with van der Waals surface area (Å²) in [6.07, 6.45) is 5.55. The van der Waals surface area contributed by atoms with Crippen LogP contribution in [0, 0.1) is 5.41 Å². The van der Waals surface area contributed by atoms with Gasteiger partial charge in [-0.15, -0.1) is 10.2 Å². The molecule has 3 rings (SSSR count). The molecule has 0 radical (unpaired) electrons. The number of amides is 2. The van der Waals surface area contributed by atoms with Crippen LogP contribution < -0.4 is 16.0 Å². The van der Waals surface area contributed by atoms with E-state index in [9.17, 15) is 9.59 Å². The molecule has 2 amide bonds. The number of aryl methyl sites for hydroxylation is 1. The molecule has 1 fully saturated rings. The highest BCUT2D eigenvalue weighted by atomic mass is 16.2. The Kier molecular flexibility index (Phi) is 6.14. The van der Waals surface area contributed by atoms with Gasteiger partial charge in [0.1, 0.15) is 5.82 Å². The van der Waals surface area contributed by atoms with Crippen molar-refractivity contribution >= 4 is 11.8 Å². The second kappa shape index (κ2) is 8.37. The zero-order valence-corrected chi connectivity index (χ0v) is 16.7. The van der Waals surface area contributed by atoms with Crippen molar-refractivity contribution < 1.29 is 9.59 Å². The SMILES string of the molecule is CC(C)(C)CC(=O)N[C@H]1CN[C@H](C(=O)NCc2nnc3n2CCCCC3)C1. The fraction of sp³-hybridized carbons (Fsp3) is 0.789. The van der Waals surface area contributed by atoms with Crippen LogP contribution in [0.5, 0.6) is 0 Å². The average molecular weight is 377 g/mol. The number of fused-ring (bicyclic) bond motifs is 1. The molecule has 2 atom stereocenters. The summed E-state index contributed by atoms with van der Waals surface area (Å²) in [5.74, 6) is 1.85. The topological polar surface area (TPSA) is 101 Å². The molecule has 0 unspecified atom stereocenters. The molecule has 0 saturated carbocycles. The molecule has 150 valence electrons. The summed E-state index contributed by atoms with van der Waals surface area (Å²) in [5, 5.41) is 17.7. The number of nitrogens with one attached hydrogen (secondary N) is 3. The minimum Gasteiger partial charge on any atom is -0.352 e. The van der Waals surface area contributed by atoms with Gasteiger partial charge in [0.15, 0.2) is 5.82 Å². The summed E-state index contributed by atoms with van der Waals surface area (Å²) in [4.78, 5) is 24.6. The van der Waals surface area contributed by atoms with Gasteiger partial charge in [0.25, 0.3) is 0 Å². The standard InChI is InChI=1S/C19H32N6O2/c1-19(2,3)10-17(26)22-13-9-14(20-11-13)18(27)21-12-16-24-23-15-7-5-4-6-8-25(15)16/h13-14,20H,4-12H2,1-3H3,(H,21,27)(H,22,26)/t13-,14+/m1/s1. The van der Waals surface area contributed by atoms with Gasteiger partial charge in [-0.25, -0.2) is 0 Å².